The predicted molar refractivity (Wildman–Crippen MR) is 116 cm³/mol. The largest absolute Gasteiger partial charge is 0.313 e. The summed E-state index contributed by atoms with van der Waals surface area (Å²) in [4.78, 5) is 17.8. The lowest BCUT2D eigenvalue weighted by atomic mass is 10.0. The Morgan fingerprint density at radius 1 is 1.33 bits per heavy atom. The summed E-state index contributed by atoms with van der Waals surface area (Å²) in [6.07, 6.45) is 3.56. The summed E-state index contributed by atoms with van der Waals surface area (Å²) in [5, 5.41) is 1.70. The molecular formula is C20H20FN3O3S3. The van der Waals surface area contributed by atoms with Crippen LogP contribution in [0.5, 0.6) is 0 Å². The minimum absolute atomic E-state index is 0.223. The minimum Gasteiger partial charge on any atom is -0.313 e. The highest BCUT2D eigenvalue weighted by Crippen LogP contribution is 2.28. The molecule has 1 atom stereocenters. The van der Waals surface area contributed by atoms with Crippen LogP contribution >= 0.6 is 22.7 Å². The molecule has 1 aliphatic heterocycles. The third-order valence-electron chi connectivity index (χ3n) is 4.96. The number of carbonyl (C=O) groups excluding carboxylic acids is 1. The van der Waals surface area contributed by atoms with Crippen LogP contribution in [0.4, 0.5) is 4.39 Å². The first-order valence-corrected chi connectivity index (χ1v) is 12.6. The molecule has 1 amide bonds. The molecule has 0 spiro atoms. The third kappa shape index (κ3) is 3.92. The van der Waals surface area contributed by atoms with Crippen LogP contribution in [0.25, 0.3) is 10.2 Å². The molecule has 3 aromatic rings. The molecule has 10 heteroatoms. The van der Waals surface area contributed by atoms with Crippen LogP contribution in [0.2, 0.25) is 0 Å². The average Bonchev–Trinajstić information content (AvgIpc) is 3.37. The maximum atomic E-state index is 13.6. The van der Waals surface area contributed by atoms with Gasteiger partial charge in [-0.1, -0.05) is 29.9 Å². The normalized spacial score (nSPS) is 18.7. The van der Waals surface area contributed by atoms with Crippen LogP contribution in [-0.4, -0.2) is 35.8 Å². The number of aromatic nitrogens is 1. The van der Waals surface area contributed by atoms with Crippen molar-refractivity contribution < 1.29 is 17.6 Å². The van der Waals surface area contributed by atoms with Gasteiger partial charge in [-0.25, -0.2) is 12.8 Å². The topological polar surface area (TPSA) is 71.7 Å². The molecule has 4 rings (SSSR count). The zero-order valence-corrected chi connectivity index (χ0v) is 18.5. The Morgan fingerprint density at radius 2 is 2.17 bits per heavy atom. The fraction of sp³-hybridized carbons (Fsp3) is 0.300. The van der Waals surface area contributed by atoms with Gasteiger partial charge in [0.15, 0.2) is 4.80 Å². The lowest BCUT2D eigenvalue weighted by Crippen LogP contribution is -2.47. The Labute approximate surface area is 181 Å². The van der Waals surface area contributed by atoms with Crippen molar-refractivity contribution in [1.29, 1.82) is 0 Å². The number of rotatable bonds is 5. The van der Waals surface area contributed by atoms with E-state index < -0.39 is 22.0 Å². The molecule has 1 unspecified atom stereocenters. The molecule has 0 saturated carbocycles. The fourth-order valence-corrected chi connectivity index (χ4v) is 7.41. The second-order valence-electron chi connectivity index (χ2n) is 6.91. The standard InChI is InChI=1S/C20H20FN3O3S3/c1-2-10-23-15-9-8-14(21)13-17(15)29-20(23)22-19(25)16-6-3-4-11-24(16)30(26,27)18-7-5-12-28-18/h2,5,7-9,12-13,16H,1,3-4,6,10-11H2. The first kappa shape index (κ1) is 21.1. The SMILES string of the molecule is C=CCn1c(=NC(=O)C2CCCCN2S(=O)(=O)c2cccs2)sc2cc(F)ccc21. The van der Waals surface area contributed by atoms with Crippen molar-refractivity contribution in [2.75, 3.05) is 6.54 Å². The number of thiazole rings is 1. The van der Waals surface area contributed by atoms with Crippen LogP contribution < -0.4 is 4.80 Å². The fourth-order valence-electron chi connectivity index (χ4n) is 3.57. The van der Waals surface area contributed by atoms with Crippen LogP contribution in [0.15, 0.2) is 57.6 Å². The molecule has 0 aliphatic carbocycles. The maximum Gasteiger partial charge on any atom is 0.266 e. The molecular weight excluding hydrogens is 445 g/mol. The Balaban J connectivity index is 1.75. The van der Waals surface area contributed by atoms with E-state index in [0.717, 1.165) is 23.3 Å². The van der Waals surface area contributed by atoms with Gasteiger partial charge in [-0.3, -0.25) is 4.79 Å². The van der Waals surface area contributed by atoms with E-state index in [1.165, 1.54) is 27.8 Å². The Kier molecular flexibility index (Phi) is 6.01. The van der Waals surface area contributed by atoms with Crippen LogP contribution in [0, 0.1) is 5.82 Å². The van der Waals surface area contributed by atoms with E-state index in [9.17, 15) is 17.6 Å². The Hall–Kier alpha value is -2.14. The Bertz CT molecular complexity index is 1260. The van der Waals surface area contributed by atoms with Crippen LogP contribution in [0.1, 0.15) is 19.3 Å². The number of fused-ring (bicyclic) bond motifs is 1. The molecule has 1 aliphatic rings. The first-order chi connectivity index (χ1) is 14.4. The maximum absolute atomic E-state index is 13.6. The van der Waals surface area contributed by atoms with Crippen molar-refractivity contribution in [3.05, 3.63) is 59.0 Å². The van der Waals surface area contributed by atoms with E-state index in [1.807, 2.05) is 0 Å². The van der Waals surface area contributed by atoms with Crippen molar-refractivity contribution in [2.45, 2.75) is 36.1 Å². The molecule has 1 aromatic carbocycles. The monoisotopic (exact) mass is 465 g/mol. The summed E-state index contributed by atoms with van der Waals surface area (Å²) >= 11 is 2.33. The second-order valence-corrected chi connectivity index (χ2v) is 11.0. The second kappa shape index (κ2) is 8.54. The van der Waals surface area contributed by atoms with Gasteiger partial charge in [0.25, 0.3) is 15.9 Å². The van der Waals surface area contributed by atoms with E-state index >= 15 is 0 Å². The zero-order valence-electron chi connectivity index (χ0n) is 16.0. The summed E-state index contributed by atoms with van der Waals surface area (Å²) in [7, 11) is -3.75. The number of halogens is 1. The van der Waals surface area contributed by atoms with E-state index in [4.69, 9.17) is 0 Å². The molecule has 0 radical (unpaired) electrons. The van der Waals surface area contributed by atoms with Gasteiger partial charge in [-0.05, 0) is 42.5 Å². The van der Waals surface area contributed by atoms with E-state index in [-0.39, 0.29) is 16.6 Å². The minimum atomic E-state index is -3.75. The highest BCUT2D eigenvalue weighted by atomic mass is 32.2. The quantitative estimate of drug-likeness (QED) is 0.539. The average molecular weight is 466 g/mol. The zero-order chi connectivity index (χ0) is 21.3. The molecule has 2 aromatic heterocycles. The number of hydrogen-bond donors (Lipinski definition) is 0. The van der Waals surface area contributed by atoms with Gasteiger partial charge >= 0.3 is 0 Å². The van der Waals surface area contributed by atoms with Crippen molar-refractivity contribution in [3.63, 3.8) is 0 Å². The number of amides is 1. The number of hydrogen-bond acceptors (Lipinski definition) is 5. The number of nitrogens with zero attached hydrogens (tertiary/aromatic N) is 3. The third-order valence-corrected chi connectivity index (χ3v) is 9.28. The molecule has 30 heavy (non-hydrogen) atoms. The highest BCUT2D eigenvalue weighted by Gasteiger charge is 2.38. The number of thiophene rings is 1. The summed E-state index contributed by atoms with van der Waals surface area (Å²) in [6, 6.07) is 6.78. The predicted octanol–water partition coefficient (Wildman–Crippen LogP) is 3.76. The van der Waals surface area contributed by atoms with E-state index in [2.05, 4.69) is 11.6 Å². The molecule has 3 heterocycles. The number of allylic oxidation sites excluding steroid dienone is 1. The van der Waals surface area contributed by atoms with E-state index in [0.29, 0.717) is 28.9 Å². The van der Waals surface area contributed by atoms with Crippen molar-refractivity contribution in [3.8, 4) is 0 Å². The summed E-state index contributed by atoms with van der Waals surface area (Å²) in [6.45, 7) is 4.43. The number of piperidine rings is 1. The Morgan fingerprint density at radius 3 is 2.90 bits per heavy atom. The number of benzene rings is 1. The first-order valence-electron chi connectivity index (χ1n) is 9.45. The number of sulfonamides is 1. The lowest BCUT2D eigenvalue weighted by Gasteiger charge is -2.31. The van der Waals surface area contributed by atoms with Gasteiger partial charge in [0, 0.05) is 13.1 Å². The van der Waals surface area contributed by atoms with Crippen molar-refractivity contribution >= 4 is 48.8 Å². The van der Waals surface area contributed by atoms with Gasteiger partial charge in [0.05, 0.1) is 10.2 Å². The van der Waals surface area contributed by atoms with Crippen LogP contribution in [-0.2, 0) is 21.4 Å². The lowest BCUT2D eigenvalue weighted by molar-refractivity contribution is -0.122. The van der Waals surface area contributed by atoms with Gasteiger partial charge in [0.2, 0.25) is 0 Å². The molecule has 1 fully saturated rings. The molecule has 1 saturated heterocycles. The van der Waals surface area contributed by atoms with Gasteiger partial charge in [-0.15, -0.1) is 17.9 Å². The molecule has 158 valence electrons. The van der Waals surface area contributed by atoms with Gasteiger partial charge in [-0.2, -0.15) is 9.30 Å². The summed E-state index contributed by atoms with van der Waals surface area (Å²) in [5.74, 6) is -0.868. The van der Waals surface area contributed by atoms with Crippen LogP contribution in [0.3, 0.4) is 0 Å². The molecule has 0 N–H and O–H groups in total. The molecule has 0 bridgehead atoms. The summed E-state index contributed by atoms with van der Waals surface area (Å²) in [5.41, 5.74) is 0.750. The molecule has 6 nitrogen and oxygen atoms in total. The van der Waals surface area contributed by atoms with Crippen molar-refractivity contribution in [1.82, 2.24) is 8.87 Å². The summed E-state index contributed by atoms with van der Waals surface area (Å²) < 4.78 is 43.7. The van der Waals surface area contributed by atoms with Crippen molar-refractivity contribution in [2.24, 2.45) is 4.99 Å². The number of carbonyl (C=O) groups is 1. The highest BCUT2D eigenvalue weighted by molar-refractivity contribution is 7.91. The van der Waals surface area contributed by atoms with Gasteiger partial charge < -0.3 is 4.57 Å². The van der Waals surface area contributed by atoms with Gasteiger partial charge in [0.1, 0.15) is 16.1 Å². The van der Waals surface area contributed by atoms with E-state index in [1.54, 1.807) is 34.2 Å². The smallest absolute Gasteiger partial charge is 0.266 e.